The summed E-state index contributed by atoms with van der Waals surface area (Å²) in [7, 11) is -16.6. The number of fused-ring (bicyclic) bond motifs is 2. The highest BCUT2D eigenvalue weighted by Crippen LogP contribution is 2.46. The summed E-state index contributed by atoms with van der Waals surface area (Å²) in [6, 6.07) is 21.6. The van der Waals surface area contributed by atoms with Gasteiger partial charge in [-0.3, -0.25) is 13.7 Å². The maximum Gasteiger partial charge on any atom is 0.297 e. The predicted octanol–water partition coefficient (Wildman–Crippen LogP) is 8.08. The summed E-state index contributed by atoms with van der Waals surface area (Å²) in [6.07, 6.45) is 0.822. The minimum absolute atomic E-state index is 0.0592. The number of anilines is 5. The van der Waals surface area contributed by atoms with E-state index < -0.39 is 70.2 Å². The summed E-state index contributed by atoms with van der Waals surface area (Å²) >= 11 is 0. The molecule has 1 aromatic heterocycles. The first-order valence-corrected chi connectivity index (χ1v) is 26.0. The third-order valence-corrected chi connectivity index (χ3v) is 13.5. The highest BCUT2D eigenvalue weighted by molar-refractivity contribution is 7.86. The van der Waals surface area contributed by atoms with Crippen LogP contribution in [-0.2, 0) is 30.4 Å². The lowest BCUT2D eigenvalue weighted by Crippen LogP contribution is -2.22. The van der Waals surface area contributed by atoms with Crippen LogP contribution in [0.25, 0.3) is 21.5 Å². The summed E-state index contributed by atoms with van der Waals surface area (Å²) in [5, 5.41) is 25.5. The molecule has 59 heavy (non-hydrogen) atoms. The molecule has 0 spiro atoms. The van der Waals surface area contributed by atoms with Crippen molar-refractivity contribution in [2.24, 2.45) is 10.2 Å². The summed E-state index contributed by atoms with van der Waals surface area (Å²) < 4.78 is 106. The van der Waals surface area contributed by atoms with E-state index >= 15 is 0 Å². The van der Waals surface area contributed by atoms with Crippen LogP contribution in [0.2, 0.25) is 25.7 Å². The number of aromatic nitrogens is 3. The number of hydrogen-bond acceptors (Lipinski definition) is 15. The lowest BCUT2D eigenvalue weighted by Gasteiger charge is -2.22. The highest BCUT2D eigenvalue weighted by Gasteiger charge is 2.27. The molecule has 6 aromatic rings. The third-order valence-electron chi connectivity index (χ3n) is 8.96. The average Bonchev–Trinajstić information content (AvgIpc) is 3.14. The molecule has 0 amide bonds. The zero-order chi connectivity index (χ0) is 42.9. The van der Waals surface area contributed by atoms with Crippen molar-refractivity contribution in [2.75, 3.05) is 28.6 Å². The number of phenols is 1. The van der Waals surface area contributed by atoms with E-state index in [9.17, 15) is 44.0 Å². The second-order valence-electron chi connectivity index (χ2n) is 14.5. The Morgan fingerprint density at radius 1 is 0.746 bits per heavy atom. The van der Waals surface area contributed by atoms with Gasteiger partial charge in [0.15, 0.2) is 5.75 Å². The first-order valence-electron chi connectivity index (χ1n) is 17.9. The SMILES string of the molecule is CCN(c1ccccc1)c1nc(NCCC[Si](C)(C)C)nc(Nc2cc(S(=O)(=O)O)cc3cc(S(=O)(=O)O)c(N=Nc4ccc5ccccc5c4S(=O)(=O)O)c(O)c23)n1. The molecule has 0 unspecified atom stereocenters. The van der Waals surface area contributed by atoms with Crippen molar-refractivity contribution >= 4 is 101 Å². The first kappa shape index (κ1) is 43.0. The lowest BCUT2D eigenvalue weighted by molar-refractivity contribution is 0.472. The molecule has 0 saturated heterocycles. The summed E-state index contributed by atoms with van der Waals surface area (Å²) in [5.74, 6) is -0.816. The third kappa shape index (κ3) is 9.99. The smallest absolute Gasteiger partial charge is 0.297 e. The number of nitrogens with one attached hydrogen (secondary N) is 2. The number of rotatable bonds is 15. The van der Waals surface area contributed by atoms with Crippen molar-refractivity contribution in [1.82, 2.24) is 15.0 Å². The molecular weight excluding hydrogens is 841 g/mol. The van der Waals surface area contributed by atoms with Crippen LogP contribution in [0.3, 0.4) is 0 Å². The molecule has 5 aromatic carbocycles. The number of azo groups is 1. The summed E-state index contributed by atoms with van der Waals surface area (Å²) in [4.78, 5) is 13.1. The van der Waals surface area contributed by atoms with Gasteiger partial charge in [0, 0.05) is 37.6 Å². The average molecular weight is 881 g/mol. The van der Waals surface area contributed by atoms with Gasteiger partial charge in [0.1, 0.15) is 21.2 Å². The number of hydrogen-bond donors (Lipinski definition) is 6. The van der Waals surface area contributed by atoms with E-state index in [-0.39, 0.29) is 39.7 Å². The maximum absolute atomic E-state index is 12.8. The highest BCUT2D eigenvalue weighted by atomic mass is 32.2. The molecule has 0 bridgehead atoms. The van der Waals surface area contributed by atoms with Crippen molar-refractivity contribution in [2.45, 2.75) is 53.7 Å². The van der Waals surface area contributed by atoms with E-state index in [1.165, 1.54) is 24.3 Å². The van der Waals surface area contributed by atoms with Crippen molar-refractivity contribution in [3.8, 4) is 5.75 Å². The van der Waals surface area contributed by atoms with Crippen LogP contribution in [0.15, 0.2) is 110 Å². The molecule has 0 radical (unpaired) electrons. The fourth-order valence-corrected chi connectivity index (χ4v) is 9.57. The Kier molecular flexibility index (Phi) is 12.1. The van der Waals surface area contributed by atoms with Gasteiger partial charge in [-0.1, -0.05) is 74.2 Å². The molecule has 18 nitrogen and oxygen atoms in total. The maximum atomic E-state index is 12.8. The van der Waals surface area contributed by atoms with Gasteiger partial charge < -0.3 is 20.6 Å². The number of benzene rings is 5. The van der Waals surface area contributed by atoms with Gasteiger partial charge in [0.25, 0.3) is 30.4 Å². The fraction of sp³-hybridized carbons (Fsp3) is 0.216. The van der Waals surface area contributed by atoms with E-state index in [0.29, 0.717) is 18.5 Å². The van der Waals surface area contributed by atoms with Gasteiger partial charge >= 0.3 is 0 Å². The molecule has 0 atom stereocenters. The Morgan fingerprint density at radius 2 is 1.42 bits per heavy atom. The standard InChI is InChI=1S/C37H40N8O10S3Si/c1-5-45(25-13-7-6-8-14-25)37-41-35(38-18-11-19-59(2,3)4)40-36(42-37)39-29-22-26(56(47,48)49)20-24-21-30(57(50,51)52)32(33(46)31(24)29)44-43-28-17-16-23-12-9-10-15-27(23)34(28)58(53,54)55/h6-10,12-17,20-22,46H,5,11,18-19H2,1-4H3,(H,47,48,49)(H,50,51,52)(H,53,54,55)(H2,38,39,40,41,42). The monoisotopic (exact) mass is 880 g/mol. The number of para-hydroxylation sites is 1. The number of nitrogens with zero attached hydrogens (tertiary/aromatic N) is 6. The van der Waals surface area contributed by atoms with Crippen LogP contribution in [0.1, 0.15) is 13.3 Å². The molecule has 22 heteroatoms. The molecule has 1 heterocycles. The van der Waals surface area contributed by atoms with Crippen LogP contribution < -0.4 is 15.5 Å². The Balaban J connectivity index is 1.56. The predicted molar refractivity (Wildman–Crippen MR) is 227 cm³/mol. The zero-order valence-electron chi connectivity index (χ0n) is 32.1. The van der Waals surface area contributed by atoms with Crippen molar-refractivity contribution < 1.29 is 44.0 Å². The minimum atomic E-state index is -5.27. The summed E-state index contributed by atoms with van der Waals surface area (Å²) in [6.45, 7) is 9.56. The van der Waals surface area contributed by atoms with Crippen LogP contribution in [0.4, 0.5) is 40.6 Å². The van der Waals surface area contributed by atoms with Crippen molar-refractivity contribution in [3.63, 3.8) is 0 Å². The Morgan fingerprint density at radius 3 is 2.07 bits per heavy atom. The molecule has 0 saturated carbocycles. The fourth-order valence-electron chi connectivity index (χ4n) is 6.29. The zero-order valence-corrected chi connectivity index (χ0v) is 35.5. The Bertz CT molecular complexity index is 2950. The van der Waals surface area contributed by atoms with Gasteiger partial charge in [0.2, 0.25) is 17.8 Å². The molecular formula is C37H40N8O10S3Si. The normalized spacial score (nSPS) is 12.7. The first-order chi connectivity index (χ1) is 27.6. The lowest BCUT2D eigenvalue weighted by atomic mass is 10.1. The minimum Gasteiger partial charge on any atom is -0.505 e. The van der Waals surface area contributed by atoms with E-state index in [2.05, 4.69) is 55.5 Å². The molecule has 0 aliphatic heterocycles. The van der Waals surface area contributed by atoms with E-state index in [1.807, 2.05) is 37.3 Å². The van der Waals surface area contributed by atoms with Gasteiger partial charge in [0.05, 0.1) is 10.6 Å². The molecule has 310 valence electrons. The molecule has 0 fully saturated rings. The van der Waals surface area contributed by atoms with Gasteiger partial charge in [-0.15, -0.1) is 10.2 Å². The van der Waals surface area contributed by atoms with Crippen LogP contribution in [0, 0.1) is 0 Å². The van der Waals surface area contributed by atoms with Crippen LogP contribution >= 0.6 is 0 Å². The van der Waals surface area contributed by atoms with Crippen molar-refractivity contribution in [3.05, 3.63) is 84.9 Å². The van der Waals surface area contributed by atoms with Gasteiger partial charge in [-0.25, -0.2) is 0 Å². The number of aromatic hydroxyl groups is 1. The second kappa shape index (κ2) is 16.6. The van der Waals surface area contributed by atoms with E-state index in [4.69, 9.17) is 0 Å². The Labute approximate surface area is 341 Å². The van der Waals surface area contributed by atoms with Gasteiger partial charge in [-0.05, 0) is 60.5 Å². The van der Waals surface area contributed by atoms with Crippen LogP contribution in [0.5, 0.6) is 5.75 Å². The molecule has 0 aliphatic carbocycles. The molecule has 6 N–H and O–H groups in total. The topological polar surface area (TPSA) is 274 Å². The number of phenolic OH excluding ortho intramolecular Hbond substituents is 1. The van der Waals surface area contributed by atoms with Gasteiger partial charge in [-0.2, -0.15) is 40.2 Å². The second-order valence-corrected chi connectivity index (χ2v) is 24.3. The summed E-state index contributed by atoms with van der Waals surface area (Å²) in [5.41, 5.74) is -0.877. The van der Waals surface area contributed by atoms with E-state index in [0.717, 1.165) is 36.4 Å². The van der Waals surface area contributed by atoms with Crippen molar-refractivity contribution in [1.29, 1.82) is 0 Å². The Hall–Kier alpha value is -5.62. The van der Waals surface area contributed by atoms with Crippen LogP contribution in [-0.4, -0.2) is 80.1 Å². The molecule has 6 rings (SSSR count). The quantitative estimate of drug-likeness (QED) is 0.0246. The molecule has 0 aliphatic rings. The van der Waals surface area contributed by atoms with E-state index in [1.54, 1.807) is 17.0 Å². The largest absolute Gasteiger partial charge is 0.505 e.